The molecule has 1 saturated heterocycles. The third-order valence-corrected chi connectivity index (χ3v) is 15.6. The van der Waals surface area contributed by atoms with Gasteiger partial charge in [-0.15, -0.1) is 0 Å². The van der Waals surface area contributed by atoms with Gasteiger partial charge in [0.1, 0.15) is 30.9 Å². The second kappa shape index (κ2) is 25.5. The molecule has 1 fully saturated rings. The molecule has 0 aliphatic carbocycles. The number of phenolic OH excluding ortho intramolecular Hbond substituents is 1. The summed E-state index contributed by atoms with van der Waals surface area (Å²) < 4.78 is 32.0. The summed E-state index contributed by atoms with van der Waals surface area (Å²) in [5, 5.41) is 33.3. The third kappa shape index (κ3) is 12.6. The van der Waals surface area contributed by atoms with E-state index < -0.39 is 18.0 Å². The topological polar surface area (TPSA) is 260 Å². The minimum absolute atomic E-state index is 0.0211. The number of pyridine rings is 1. The van der Waals surface area contributed by atoms with Crippen molar-refractivity contribution in [2.45, 2.75) is 71.1 Å². The van der Waals surface area contributed by atoms with E-state index in [9.17, 15) is 29.1 Å². The number of azo groups is 1. The van der Waals surface area contributed by atoms with Crippen LogP contribution in [0.15, 0.2) is 108 Å². The smallest absolute Gasteiger partial charge is 0.409 e. The van der Waals surface area contributed by atoms with Gasteiger partial charge in [0, 0.05) is 79.0 Å². The average Bonchev–Trinajstić information content (AvgIpc) is 3.81. The fraction of sp³-hybridized carbons (Fsp3) is 0.361. The number of aromatic hydroxyl groups is 1. The summed E-state index contributed by atoms with van der Waals surface area (Å²) in [6, 6.07) is 24.5. The fourth-order valence-electron chi connectivity index (χ4n) is 10.7. The van der Waals surface area contributed by atoms with E-state index in [4.69, 9.17) is 28.9 Å². The highest BCUT2D eigenvalue weighted by Crippen LogP contribution is 2.42. The Kier molecular flexibility index (Phi) is 17.4. The maximum atomic E-state index is 13.7. The second-order valence-corrected chi connectivity index (χ2v) is 21.1. The van der Waals surface area contributed by atoms with Crippen LogP contribution in [0.4, 0.5) is 26.8 Å². The monoisotopic (exact) mass is 1140 g/mol. The lowest BCUT2D eigenvalue weighted by Gasteiger charge is -2.42. The molecule has 84 heavy (non-hydrogen) atoms. The van der Waals surface area contributed by atoms with Crippen molar-refractivity contribution < 1.29 is 57.3 Å². The molecule has 0 radical (unpaired) electrons. The number of hydrogen-bond acceptors (Lipinski definition) is 17. The molecule has 0 unspecified atom stereocenters. The van der Waals surface area contributed by atoms with Crippen molar-refractivity contribution in [3.63, 3.8) is 0 Å². The van der Waals surface area contributed by atoms with E-state index in [1.807, 2.05) is 42.4 Å². The number of ether oxygens (including phenoxy) is 5. The Hall–Kier alpha value is -9.85. The number of unbranched alkanes of at least 4 members (excludes halogenated alkanes) is 2. The number of aryl methyl sites for hydroxylation is 2. The molecule has 2 atom stereocenters. The van der Waals surface area contributed by atoms with Gasteiger partial charge < -0.3 is 53.7 Å². The van der Waals surface area contributed by atoms with Crippen LogP contribution in [0.25, 0.3) is 33.1 Å². The molecule has 2 N–H and O–H groups in total. The number of methoxy groups -OCH3 is 1. The van der Waals surface area contributed by atoms with Crippen LogP contribution in [-0.4, -0.2) is 138 Å². The maximum Gasteiger partial charge on any atom is 0.409 e. The number of rotatable bonds is 19. The number of phenols is 1. The molecular formula is C61H65N12O11+. The number of carbonyl (C=O) groups is 5. The van der Waals surface area contributed by atoms with Crippen LogP contribution in [0.3, 0.4) is 0 Å². The van der Waals surface area contributed by atoms with E-state index in [0.717, 1.165) is 52.9 Å². The van der Waals surface area contributed by atoms with E-state index in [2.05, 4.69) is 43.1 Å². The van der Waals surface area contributed by atoms with Crippen molar-refractivity contribution in [3.8, 4) is 46.1 Å². The summed E-state index contributed by atoms with van der Waals surface area (Å²) in [6.45, 7) is 4.78. The van der Waals surface area contributed by atoms with Gasteiger partial charge in [-0.3, -0.25) is 19.0 Å². The molecule has 0 saturated carbocycles. The van der Waals surface area contributed by atoms with Gasteiger partial charge in [0.05, 0.1) is 52.5 Å². The zero-order chi connectivity index (χ0) is 59.0. The molecule has 0 spiro atoms. The van der Waals surface area contributed by atoms with Gasteiger partial charge in [0.2, 0.25) is 18.4 Å². The van der Waals surface area contributed by atoms with Crippen molar-refractivity contribution >= 4 is 68.9 Å². The zero-order valence-corrected chi connectivity index (χ0v) is 47.4. The number of hydrogen-bond donors (Lipinski definition) is 2. The number of fused-ring (bicyclic) bond motifs is 6. The quantitative estimate of drug-likeness (QED) is 0.0252. The number of likely N-dealkylation sites (N-methyl/N-ethyl adjacent to an activating group) is 3. The minimum atomic E-state index is -0.582. The van der Waals surface area contributed by atoms with Gasteiger partial charge in [-0.05, 0) is 102 Å². The van der Waals surface area contributed by atoms with Crippen LogP contribution in [0, 0.1) is 17.2 Å². The Bertz CT molecular complexity index is 3730. The number of anilines is 1. The van der Waals surface area contributed by atoms with Gasteiger partial charge in [0.25, 0.3) is 5.91 Å². The van der Waals surface area contributed by atoms with Crippen molar-refractivity contribution in [1.82, 2.24) is 34.6 Å². The number of nitrogens with zero attached hydrogens (tertiary/aromatic N) is 11. The van der Waals surface area contributed by atoms with Crippen LogP contribution >= 0.6 is 0 Å². The Morgan fingerprint density at radius 3 is 2.48 bits per heavy atom. The average molecular weight is 1140 g/mol. The summed E-state index contributed by atoms with van der Waals surface area (Å²) in [4.78, 5) is 81.2. The fourth-order valence-corrected chi connectivity index (χ4v) is 10.7. The zero-order valence-electron chi connectivity index (χ0n) is 47.4. The molecule has 6 heterocycles. The number of likely N-dealkylation sites (tertiary alicyclic amines) is 1. The number of esters is 1. The predicted octanol–water partition coefficient (Wildman–Crippen LogP) is 8.60. The SMILES string of the molecule is COc1ccc2cc3[n+](cc2c1OC(=O)CCCCCNC(=O)c1cc(/N=N/c2ccc(COC(=O)N(C)CCN(C)C(=O)n4ccc5c(N(C)[C@H]6CN(C(=O)CC#N)CC[C@H]6C)ncnc54)cc2)ccc1O)CCc1cc2c(cc1-3)OCO2. The molecular weight excluding hydrogens is 1080 g/mol. The van der Waals surface area contributed by atoms with Crippen molar-refractivity contribution in [2.24, 2.45) is 16.1 Å². The number of nitrogens with one attached hydrogen (secondary N) is 1. The molecule has 3 aliphatic rings. The summed E-state index contributed by atoms with van der Waals surface area (Å²) in [5.41, 5.74) is 5.26. The van der Waals surface area contributed by atoms with Crippen molar-refractivity contribution in [2.75, 3.05) is 72.7 Å². The van der Waals surface area contributed by atoms with Crippen molar-refractivity contribution in [1.29, 1.82) is 5.26 Å². The van der Waals surface area contributed by atoms with E-state index in [1.54, 1.807) is 68.7 Å². The first-order valence-electron chi connectivity index (χ1n) is 27.8. The van der Waals surface area contributed by atoms with E-state index in [-0.39, 0.29) is 74.5 Å². The number of nitriles is 1. The Morgan fingerprint density at radius 1 is 0.905 bits per heavy atom. The lowest BCUT2D eigenvalue weighted by atomic mass is 9.92. The van der Waals surface area contributed by atoms with Crippen LogP contribution in [-0.2, 0) is 33.9 Å². The number of amides is 4. The first-order valence-corrected chi connectivity index (χ1v) is 27.8. The summed E-state index contributed by atoms with van der Waals surface area (Å²) >= 11 is 0. The van der Waals surface area contributed by atoms with Crippen molar-refractivity contribution in [3.05, 3.63) is 114 Å². The number of benzene rings is 4. The first kappa shape index (κ1) is 57.4. The lowest BCUT2D eigenvalue weighted by molar-refractivity contribution is -0.686. The number of piperidine rings is 1. The maximum absolute atomic E-state index is 13.7. The standard InChI is InChI=1S/C61H64N12O11/c1-38-19-24-72(54(75)18-22-62)34-49(38)70(4)57-44-21-26-73(58(44)65-36-64-57)60(78)68(2)27-28-69(3)61(79)81-35-39-10-13-42(14-11-39)66-67-43-15-16-50(74)46(31-43)59(77)63-23-8-6-7-9-55(76)84-56-47-33-71-25-20-41-30-52-53(83-37-82-52)32-45(41)48(71)29-40(47)12-17-51(56)80-5/h10-17,21,26,29-33,36,38,49H,6-9,18-20,23-25,27-28,34-35,37H2,1-5H3,(H-,63,66,74,77)/p+1/t38-,49+/m1/s1. The molecule has 4 aromatic carbocycles. The molecule has 4 amide bonds. The molecule has 23 nitrogen and oxygen atoms in total. The summed E-state index contributed by atoms with van der Waals surface area (Å²) in [5.74, 6) is 1.87. The number of aromatic nitrogens is 4. The van der Waals surface area contributed by atoms with Gasteiger partial charge in [-0.2, -0.15) is 20.1 Å². The van der Waals surface area contributed by atoms with Crippen LogP contribution in [0.1, 0.15) is 66.9 Å². The Balaban J connectivity index is 0.643. The summed E-state index contributed by atoms with van der Waals surface area (Å²) in [7, 11) is 6.67. The lowest BCUT2D eigenvalue weighted by Crippen LogP contribution is -2.52. The van der Waals surface area contributed by atoms with Gasteiger partial charge >= 0.3 is 18.1 Å². The Labute approximate surface area is 484 Å². The molecule has 23 heteroatoms. The summed E-state index contributed by atoms with van der Waals surface area (Å²) in [6.07, 6.45) is 7.79. The second-order valence-electron chi connectivity index (χ2n) is 21.1. The van der Waals surface area contributed by atoms with Gasteiger partial charge in [0.15, 0.2) is 41.4 Å². The predicted molar refractivity (Wildman–Crippen MR) is 308 cm³/mol. The molecule has 0 bridgehead atoms. The number of carbonyl (C=O) groups excluding carboxylic acids is 5. The highest BCUT2D eigenvalue weighted by Gasteiger charge is 2.34. The normalized spacial score (nSPS) is 15.0. The minimum Gasteiger partial charge on any atom is -0.507 e. The molecule has 3 aliphatic heterocycles. The van der Waals surface area contributed by atoms with E-state index in [1.165, 1.54) is 44.5 Å². The van der Waals surface area contributed by atoms with Crippen LogP contribution < -0.4 is 33.7 Å². The van der Waals surface area contributed by atoms with Crippen LogP contribution in [0.5, 0.6) is 28.7 Å². The Morgan fingerprint density at radius 2 is 1.68 bits per heavy atom. The van der Waals surface area contributed by atoms with Gasteiger partial charge in [-0.1, -0.05) is 25.5 Å². The first-order chi connectivity index (χ1) is 40.7. The molecule has 7 aromatic rings. The van der Waals surface area contributed by atoms with Gasteiger partial charge in [-0.25, -0.2) is 19.6 Å². The molecule has 3 aromatic heterocycles. The third-order valence-electron chi connectivity index (χ3n) is 15.6. The van der Waals surface area contributed by atoms with E-state index >= 15 is 0 Å². The molecule has 10 rings (SSSR count). The highest BCUT2D eigenvalue weighted by atomic mass is 16.7. The highest BCUT2D eigenvalue weighted by molar-refractivity contribution is 5.98. The van der Waals surface area contributed by atoms with Crippen LogP contribution in [0.2, 0.25) is 0 Å². The molecule has 434 valence electrons. The van der Waals surface area contributed by atoms with E-state index in [0.29, 0.717) is 84.2 Å². The largest absolute Gasteiger partial charge is 0.507 e.